The molecule has 0 aliphatic carbocycles. The number of carbonyl (C=O) groups excluding carboxylic acids is 2. The van der Waals surface area contributed by atoms with Gasteiger partial charge in [0, 0.05) is 13.0 Å². The summed E-state index contributed by atoms with van der Waals surface area (Å²) in [7, 11) is 1.37. The van der Waals surface area contributed by atoms with E-state index in [4.69, 9.17) is 23.2 Å². The van der Waals surface area contributed by atoms with Crippen LogP contribution < -0.4 is 5.32 Å². The minimum atomic E-state index is -0.221. The Morgan fingerprint density at radius 2 is 2.05 bits per heavy atom. The van der Waals surface area contributed by atoms with Crippen LogP contribution in [-0.2, 0) is 9.53 Å². The molecule has 7 heteroatoms. The van der Waals surface area contributed by atoms with Gasteiger partial charge in [-0.2, -0.15) is 0 Å². The quantitative estimate of drug-likeness (QED) is 0.617. The highest BCUT2D eigenvalue weighted by molar-refractivity contribution is 7.20. The maximum Gasteiger partial charge on any atom is 0.305 e. The molecule has 0 bridgehead atoms. The van der Waals surface area contributed by atoms with E-state index in [1.165, 1.54) is 18.4 Å². The van der Waals surface area contributed by atoms with Crippen molar-refractivity contribution >= 4 is 46.4 Å². The lowest BCUT2D eigenvalue weighted by Crippen LogP contribution is -2.24. The molecule has 0 aliphatic rings. The highest BCUT2D eigenvalue weighted by Crippen LogP contribution is 2.30. The minimum absolute atomic E-state index is 0.205. The van der Waals surface area contributed by atoms with Gasteiger partial charge in [0.25, 0.3) is 5.91 Å². The second kappa shape index (κ2) is 8.40. The lowest BCUT2D eigenvalue weighted by Gasteiger charge is -2.04. The van der Waals surface area contributed by atoms with Gasteiger partial charge < -0.3 is 10.1 Å². The van der Waals surface area contributed by atoms with E-state index in [2.05, 4.69) is 10.1 Å². The van der Waals surface area contributed by atoms with Crippen molar-refractivity contribution < 1.29 is 14.3 Å². The highest BCUT2D eigenvalue weighted by atomic mass is 35.5. The zero-order valence-corrected chi connectivity index (χ0v) is 12.8. The molecule has 1 aromatic rings. The van der Waals surface area contributed by atoms with Crippen molar-refractivity contribution in [1.29, 1.82) is 0 Å². The van der Waals surface area contributed by atoms with Crippen LogP contribution in [0.1, 0.15) is 36.0 Å². The van der Waals surface area contributed by atoms with Gasteiger partial charge in [-0.1, -0.05) is 29.6 Å². The molecule has 19 heavy (non-hydrogen) atoms. The van der Waals surface area contributed by atoms with Crippen LogP contribution in [0.4, 0.5) is 0 Å². The van der Waals surface area contributed by atoms with Crippen LogP contribution in [0, 0.1) is 0 Å². The smallest absolute Gasteiger partial charge is 0.305 e. The van der Waals surface area contributed by atoms with Crippen molar-refractivity contribution in [3.63, 3.8) is 0 Å². The van der Waals surface area contributed by atoms with Gasteiger partial charge >= 0.3 is 5.97 Å². The van der Waals surface area contributed by atoms with Gasteiger partial charge in [-0.15, -0.1) is 11.3 Å². The highest BCUT2D eigenvalue weighted by Gasteiger charge is 2.13. The molecule has 1 rings (SSSR count). The fourth-order valence-electron chi connectivity index (χ4n) is 1.47. The Bertz CT molecular complexity index is 448. The van der Waals surface area contributed by atoms with Crippen LogP contribution in [0.15, 0.2) is 6.07 Å². The van der Waals surface area contributed by atoms with Crippen molar-refractivity contribution in [2.75, 3.05) is 13.7 Å². The average Bonchev–Trinajstić information content (AvgIpc) is 2.72. The van der Waals surface area contributed by atoms with Crippen LogP contribution in [0.25, 0.3) is 0 Å². The standard InChI is InChI=1S/C12H15Cl2NO3S/c1-18-10(16)5-3-2-4-6-15-12(17)8-7-9(13)19-11(8)14/h7H,2-6H2,1H3,(H,15,17). The van der Waals surface area contributed by atoms with Crippen LogP contribution >= 0.6 is 34.5 Å². The molecule has 0 aromatic carbocycles. The van der Waals surface area contributed by atoms with E-state index in [0.29, 0.717) is 27.2 Å². The van der Waals surface area contributed by atoms with Crippen LogP contribution in [-0.4, -0.2) is 25.5 Å². The van der Waals surface area contributed by atoms with Crippen LogP contribution in [0.3, 0.4) is 0 Å². The molecule has 0 spiro atoms. The third-order valence-corrected chi connectivity index (χ3v) is 3.96. The summed E-state index contributed by atoms with van der Waals surface area (Å²) in [6.45, 7) is 0.545. The molecular formula is C12H15Cl2NO3S. The van der Waals surface area contributed by atoms with Crippen molar-refractivity contribution in [3.05, 3.63) is 20.3 Å². The number of hydrogen-bond donors (Lipinski definition) is 1. The van der Waals surface area contributed by atoms with Crippen molar-refractivity contribution in [2.45, 2.75) is 25.7 Å². The summed E-state index contributed by atoms with van der Waals surface area (Å²) in [5, 5.41) is 2.76. The maximum absolute atomic E-state index is 11.7. The summed E-state index contributed by atoms with van der Waals surface area (Å²) < 4.78 is 5.42. The Balaban J connectivity index is 2.18. The zero-order chi connectivity index (χ0) is 14.3. The SMILES string of the molecule is COC(=O)CCCCCNC(=O)c1cc(Cl)sc1Cl. The molecule has 0 fully saturated rings. The predicted molar refractivity (Wildman–Crippen MR) is 77.2 cm³/mol. The Morgan fingerprint density at radius 1 is 1.32 bits per heavy atom. The number of methoxy groups -OCH3 is 1. The normalized spacial score (nSPS) is 10.3. The lowest BCUT2D eigenvalue weighted by molar-refractivity contribution is -0.140. The first-order chi connectivity index (χ1) is 9.04. The summed E-state index contributed by atoms with van der Waals surface area (Å²) in [6, 6.07) is 1.56. The molecule has 0 saturated carbocycles. The topological polar surface area (TPSA) is 55.4 Å². The predicted octanol–water partition coefficient (Wildman–Crippen LogP) is 3.52. The lowest BCUT2D eigenvalue weighted by atomic mass is 10.2. The van der Waals surface area contributed by atoms with E-state index in [1.807, 2.05) is 0 Å². The number of rotatable bonds is 7. The second-order valence-electron chi connectivity index (χ2n) is 3.88. The molecule has 1 heterocycles. The number of unbranched alkanes of at least 4 members (excludes halogenated alkanes) is 2. The van der Waals surface area contributed by atoms with Gasteiger partial charge in [-0.25, -0.2) is 0 Å². The van der Waals surface area contributed by atoms with Crippen molar-refractivity contribution in [1.82, 2.24) is 5.32 Å². The fraction of sp³-hybridized carbons (Fsp3) is 0.500. The molecule has 106 valence electrons. The number of hydrogen-bond acceptors (Lipinski definition) is 4. The molecule has 1 aromatic heterocycles. The summed E-state index contributed by atoms with van der Waals surface area (Å²) in [5.74, 6) is -0.426. The molecule has 0 saturated heterocycles. The molecule has 0 radical (unpaired) electrons. The summed E-state index contributed by atoms with van der Waals surface area (Å²) in [6.07, 6.45) is 2.83. The monoisotopic (exact) mass is 323 g/mol. The Morgan fingerprint density at radius 3 is 2.63 bits per heavy atom. The fourth-order valence-corrected chi connectivity index (χ4v) is 2.92. The van der Waals surface area contributed by atoms with Gasteiger partial charge in [0.2, 0.25) is 0 Å². The first-order valence-electron chi connectivity index (χ1n) is 5.84. The number of thiophene rings is 1. The molecule has 0 atom stereocenters. The number of nitrogens with one attached hydrogen (secondary N) is 1. The number of carbonyl (C=O) groups is 2. The van der Waals surface area contributed by atoms with Gasteiger partial charge in [-0.05, 0) is 18.9 Å². The Kier molecular flexibility index (Phi) is 7.20. The second-order valence-corrected chi connectivity index (χ2v) is 6.17. The minimum Gasteiger partial charge on any atom is -0.469 e. The Hall–Kier alpha value is -0.780. The molecule has 4 nitrogen and oxygen atoms in total. The van der Waals surface area contributed by atoms with E-state index in [1.54, 1.807) is 6.07 Å². The number of ether oxygens (including phenoxy) is 1. The van der Waals surface area contributed by atoms with E-state index in [-0.39, 0.29) is 11.9 Å². The molecule has 0 aliphatic heterocycles. The molecule has 1 amide bonds. The number of halogens is 2. The zero-order valence-electron chi connectivity index (χ0n) is 10.5. The van der Waals surface area contributed by atoms with Crippen LogP contribution in [0.5, 0.6) is 0 Å². The third kappa shape index (κ3) is 5.80. The van der Waals surface area contributed by atoms with Gasteiger partial charge in [0.05, 0.1) is 17.0 Å². The average molecular weight is 324 g/mol. The summed E-state index contributed by atoms with van der Waals surface area (Å²) in [5.41, 5.74) is 0.409. The summed E-state index contributed by atoms with van der Waals surface area (Å²) >= 11 is 12.8. The number of esters is 1. The van der Waals surface area contributed by atoms with Gasteiger partial charge in [0.15, 0.2) is 0 Å². The van der Waals surface area contributed by atoms with Gasteiger partial charge in [-0.3, -0.25) is 9.59 Å². The summed E-state index contributed by atoms with van der Waals surface area (Å²) in [4.78, 5) is 22.6. The van der Waals surface area contributed by atoms with E-state index in [9.17, 15) is 9.59 Å². The Labute approximate surface area is 126 Å². The molecule has 0 unspecified atom stereocenters. The molecular weight excluding hydrogens is 309 g/mol. The third-order valence-electron chi connectivity index (χ3n) is 2.47. The number of amides is 1. The first kappa shape index (κ1) is 16.3. The van der Waals surface area contributed by atoms with Crippen molar-refractivity contribution in [3.8, 4) is 0 Å². The van der Waals surface area contributed by atoms with Gasteiger partial charge in [0.1, 0.15) is 4.34 Å². The largest absolute Gasteiger partial charge is 0.469 e. The first-order valence-corrected chi connectivity index (χ1v) is 7.41. The maximum atomic E-state index is 11.7. The van der Waals surface area contributed by atoms with E-state index in [0.717, 1.165) is 19.3 Å². The van der Waals surface area contributed by atoms with Crippen LogP contribution in [0.2, 0.25) is 8.67 Å². The van der Waals surface area contributed by atoms with E-state index >= 15 is 0 Å². The van der Waals surface area contributed by atoms with E-state index < -0.39 is 0 Å². The molecule has 1 N–H and O–H groups in total. The van der Waals surface area contributed by atoms with Crippen molar-refractivity contribution in [2.24, 2.45) is 0 Å².